The number of aliphatic hydroxyl groups excluding tert-OH is 1. The topological polar surface area (TPSA) is 44.0 Å². The van der Waals surface area contributed by atoms with E-state index in [1.807, 2.05) is 0 Å². The zero-order valence-corrected chi connectivity index (χ0v) is 7.17. The maximum Gasteiger partial charge on any atom is 0.159 e. The quantitative estimate of drug-likeness (QED) is 0.734. The number of aliphatic hydroxyl groups is 1. The van der Waals surface area contributed by atoms with Crippen molar-refractivity contribution in [2.45, 2.75) is 6.10 Å². The monoisotopic (exact) mass is 195 g/mol. The highest BCUT2D eigenvalue weighted by Gasteiger charge is 2.13. The fraction of sp³-hybridized carbons (Fsp3) is 0.100. The molecule has 0 spiro atoms. The van der Waals surface area contributed by atoms with E-state index in [4.69, 9.17) is 5.26 Å². The fourth-order valence-electron chi connectivity index (χ4n) is 0.945. The van der Waals surface area contributed by atoms with Crippen molar-refractivity contribution >= 4 is 0 Å². The zero-order chi connectivity index (χ0) is 10.7. The highest BCUT2D eigenvalue weighted by Crippen LogP contribution is 2.21. The predicted octanol–water partition coefficient (Wildman–Crippen LogP) is 2.08. The summed E-state index contributed by atoms with van der Waals surface area (Å²) in [5.74, 6) is -2.06. The lowest BCUT2D eigenvalue weighted by atomic mass is 10.0. The Balaban J connectivity index is 3.04. The number of nitriles is 1. The summed E-state index contributed by atoms with van der Waals surface area (Å²) in [5.41, 5.74) is -0.00791. The van der Waals surface area contributed by atoms with Crippen molar-refractivity contribution in [2.75, 3.05) is 0 Å². The lowest BCUT2D eigenvalue weighted by molar-refractivity contribution is 0.220. The number of nitrogens with zero attached hydrogens (tertiary/aromatic N) is 1. The highest BCUT2D eigenvalue weighted by atomic mass is 19.2. The summed E-state index contributed by atoms with van der Waals surface area (Å²) in [6.45, 7) is 3.27. The first-order valence-electron chi connectivity index (χ1n) is 3.78. The van der Waals surface area contributed by atoms with Crippen LogP contribution in [0.3, 0.4) is 0 Å². The van der Waals surface area contributed by atoms with Gasteiger partial charge in [-0.25, -0.2) is 8.78 Å². The Hall–Kier alpha value is -1.73. The van der Waals surface area contributed by atoms with Gasteiger partial charge in [-0.1, -0.05) is 12.6 Å². The maximum absolute atomic E-state index is 12.7. The Labute approximate surface area is 79.7 Å². The molecule has 72 valence electrons. The van der Waals surface area contributed by atoms with Gasteiger partial charge in [0.15, 0.2) is 11.6 Å². The molecule has 1 aromatic rings. The molecule has 1 N–H and O–H groups in total. The molecule has 1 unspecified atom stereocenters. The van der Waals surface area contributed by atoms with Crippen LogP contribution in [-0.4, -0.2) is 5.11 Å². The SMILES string of the molecule is C=C(C#N)C(O)c1ccc(F)c(F)c1. The zero-order valence-electron chi connectivity index (χ0n) is 7.17. The number of rotatable bonds is 2. The second-order valence-electron chi connectivity index (χ2n) is 2.71. The van der Waals surface area contributed by atoms with Crippen molar-refractivity contribution in [3.05, 3.63) is 47.5 Å². The van der Waals surface area contributed by atoms with Gasteiger partial charge in [-0.2, -0.15) is 5.26 Å². The third-order valence-corrected chi connectivity index (χ3v) is 1.73. The van der Waals surface area contributed by atoms with Crippen molar-refractivity contribution in [3.63, 3.8) is 0 Å². The van der Waals surface area contributed by atoms with Gasteiger partial charge in [0.2, 0.25) is 0 Å². The van der Waals surface area contributed by atoms with Crippen molar-refractivity contribution in [1.82, 2.24) is 0 Å². The molecule has 14 heavy (non-hydrogen) atoms. The first-order chi connectivity index (χ1) is 6.56. The van der Waals surface area contributed by atoms with Gasteiger partial charge in [0.25, 0.3) is 0 Å². The minimum absolute atomic E-state index is 0.107. The highest BCUT2D eigenvalue weighted by molar-refractivity contribution is 5.32. The molecular weight excluding hydrogens is 188 g/mol. The molecule has 1 atom stereocenters. The predicted molar refractivity (Wildman–Crippen MR) is 46.1 cm³/mol. The number of halogens is 2. The lowest BCUT2D eigenvalue weighted by Crippen LogP contribution is -2.00. The van der Waals surface area contributed by atoms with E-state index >= 15 is 0 Å². The average molecular weight is 195 g/mol. The summed E-state index contributed by atoms with van der Waals surface area (Å²) < 4.78 is 25.2. The Morgan fingerprint density at radius 3 is 2.57 bits per heavy atom. The van der Waals surface area contributed by atoms with Gasteiger partial charge in [-0.15, -0.1) is 0 Å². The number of hydrogen-bond acceptors (Lipinski definition) is 2. The summed E-state index contributed by atoms with van der Waals surface area (Å²) in [5, 5.41) is 17.8. The third kappa shape index (κ3) is 1.95. The van der Waals surface area contributed by atoms with Crippen LogP contribution in [0.1, 0.15) is 11.7 Å². The van der Waals surface area contributed by atoms with E-state index in [0.717, 1.165) is 12.1 Å². The Morgan fingerprint density at radius 2 is 2.07 bits per heavy atom. The van der Waals surface area contributed by atoms with Crippen molar-refractivity contribution in [3.8, 4) is 6.07 Å². The fourth-order valence-corrected chi connectivity index (χ4v) is 0.945. The van der Waals surface area contributed by atoms with E-state index in [9.17, 15) is 13.9 Å². The molecule has 0 radical (unpaired) electrons. The molecule has 0 amide bonds. The minimum Gasteiger partial charge on any atom is -0.383 e. The molecule has 0 aliphatic heterocycles. The van der Waals surface area contributed by atoms with Gasteiger partial charge in [0.1, 0.15) is 6.10 Å². The first-order valence-corrected chi connectivity index (χ1v) is 3.78. The Bertz CT molecular complexity index is 409. The van der Waals surface area contributed by atoms with Crippen LogP contribution in [0.15, 0.2) is 30.4 Å². The lowest BCUT2D eigenvalue weighted by Gasteiger charge is -2.08. The normalized spacial score (nSPS) is 11.9. The second kappa shape index (κ2) is 3.99. The molecular formula is C10H7F2NO. The number of hydrogen-bond donors (Lipinski definition) is 1. The smallest absolute Gasteiger partial charge is 0.159 e. The maximum atomic E-state index is 12.7. The van der Waals surface area contributed by atoms with Gasteiger partial charge >= 0.3 is 0 Å². The number of benzene rings is 1. The van der Waals surface area contributed by atoms with Crippen LogP contribution in [0.5, 0.6) is 0 Å². The molecule has 4 heteroatoms. The van der Waals surface area contributed by atoms with E-state index in [-0.39, 0.29) is 11.1 Å². The van der Waals surface area contributed by atoms with Gasteiger partial charge in [-0.05, 0) is 17.7 Å². The Morgan fingerprint density at radius 1 is 1.43 bits per heavy atom. The molecule has 2 nitrogen and oxygen atoms in total. The summed E-state index contributed by atoms with van der Waals surface area (Å²) in [7, 11) is 0. The van der Waals surface area contributed by atoms with E-state index < -0.39 is 17.7 Å². The molecule has 0 aliphatic rings. The molecule has 0 aliphatic carbocycles. The minimum atomic E-state index is -1.28. The summed E-state index contributed by atoms with van der Waals surface area (Å²) in [6.07, 6.45) is -1.28. The molecule has 0 saturated carbocycles. The molecule has 0 aromatic heterocycles. The van der Waals surface area contributed by atoms with Crippen LogP contribution < -0.4 is 0 Å². The molecule has 0 saturated heterocycles. The molecule has 0 bridgehead atoms. The van der Waals surface area contributed by atoms with E-state index in [2.05, 4.69) is 6.58 Å². The van der Waals surface area contributed by atoms with Gasteiger partial charge in [-0.3, -0.25) is 0 Å². The largest absolute Gasteiger partial charge is 0.383 e. The standard InChI is InChI=1S/C10H7F2NO/c1-6(5-13)10(14)7-2-3-8(11)9(12)4-7/h2-4,10,14H,1H2. The molecule has 1 aromatic carbocycles. The van der Waals surface area contributed by atoms with Crippen LogP contribution in [0.4, 0.5) is 8.78 Å². The van der Waals surface area contributed by atoms with Crippen LogP contribution in [0.25, 0.3) is 0 Å². The Kier molecular flexibility index (Phi) is 2.95. The molecule has 0 heterocycles. The summed E-state index contributed by atoms with van der Waals surface area (Å²) in [6, 6.07) is 4.56. The van der Waals surface area contributed by atoms with E-state index in [1.54, 1.807) is 6.07 Å². The van der Waals surface area contributed by atoms with Crippen LogP contribution in [0.2, 0.25) is 0 Å². The molecule has 1 rings (SSSR count). The van der Waals surface area contributed by atoms with E-state index in [0.29, 0.717) is 0 Å². The van der Waals surface area contributed by atoms with Gasteiger partial charge in [0, 0.05) is 0 Å². The summed E-state index contributed by atoms with van der Waals surface area (Å²) in [4.78, 5) is 0. The second-order valence-corrected chi connectivity index (χ2v) is 2.71. The average Bonchev–Trinajstić information content (AvgIpc) is 2.20. The van der Waals surface area contributed by atoms with Crippen LogP contribution >= 0.6 is 0 Å². The summed E-state index contributed by atoms with van der Waals surface area (Å²) >= 11 is 0. The third-order valence-electron chi connectivity index (χ3n) is 1.73. The van der Waals surface area contributed by atoms with E-state index in [1.165, 1.54) is 6.07 Å². The van der Waals surface area contributed by atoms with Crippen molar-refractivity contribution in [2.24, 2.45) is 0 Å². The molecule has 0 fully saturated rings. The van der Waals surface area contributed by atoms with Gasteiger partial charge < -0.3 is 5.11 Å². The van der Waals surface area contributed by atoms with Crippen molar-refractivity contribution in [1.29, 1.82) is 5.26 Å². The van der Waals surface area contributed by atoms with Crippen LogP contribution in [0, 0.1) is 23.0 Å². The first kappa shape index (κ1) is 10.4. The van der Waals surface area contributed by atoms with Gasteiger partial charge in [0.05, 0.1) is 11.6 Å². The van der Waals surface area contributed by atoms with Crippen molar-refractivity contribution < 1.29 is 13.9 Å². The van der Waals surface area contributed by atoms with Crippen LogP contribution in [-0.2, 0) is 0 Å².